The minimum Gasteiger partial charge on any atom is -0.497 e. The maximum absolute atomic E-state index is 12.0. The first-order valence-electron chi connectivity index (χ1n) is 6.53. The summed E-state index contributed by atoms with van der Waals surface area (Å²) in [7, 11) is 1.55. The highest BCUT2D eigenvalue weighted by Gasteiger charge is 2.15. The molecule has 19 heavy (non-hydrogen) atoms. The Morgan fingerprint density at radius 3 is 3.05 bits per heavy atom. The van der Waals surface area contributed by atoms with Crippen molar-refractivity contribution in [2.24, 2.45) is 0 Å². The normalized spacial score (nSPS) is 18.3. The number of methoxy groups -OCH3 is 1. The summed E-state index contributed by atoms with van der Waals surface area (Å²) in [5.74, 6) is 0.452. The maximum atomic E-state index is 12.0. The molecule has 1 amide bonds. The average Bonchev–Trinajstić information content (AvgIpc) is 2.91. The molecule has 1 fully saturated rings. The lowest BCUT2D eigenvalue weighted by atomic mass is 10.1. The third-order valence-electron chi connectivity index (χ3n) is 3.20. The molecule has 0 aromatic heterocycles. The molecule has 0 saturated carbocycles. The van der Waals surface area contributed by atoms with Gasteiger partial charge in [0.15, 0.2) is 0 Å². The number of nitrogens with one attached hydrogen (secondary N) is 1. The molecule has 1 aliphatic heterocycles. The second-order valence-corrected chi connectivity index (χ2v) is 4.67. The van der Waals surface area contributed by atoms with Gasteiger partial charge in [0, 0.05) is 30.5 Å². The zero-order valence-corrected chi connectivity index (χ0v) is 11.1. The third kappa shape index (κ3) is 3.86. The first kappa shape index (κ1) is 13.7. The van der Waals surface area contributed by atoms with Gasteiger partial charge in [-0.3, -0.25) is 4.79 Å². The lowest BCUT2D eigenvalue weighted by Gasteiger charge is -2.11. The molecule has 1 heterocycles. The summed E-state index contributed by atoms with van der Waals surface area (Å²) in [6.45, 7) is 1.45. The lowest BCUT2D eigenvalue weighted by molar-refractivity contribution is 0.0907. The first-order valence-corrected chi connectivity index (χ1v) is 6.53. The fraction of sp³-hybridized carbons (Fsp3) is 0.500. The minimum absolute atomic E-state index is 0.136. The number of nitrogen functional groups attached to an aromatic ring is 1. The average molecular weight is 264 g/mol. The molecule has 0 bridgehead atoms. The van der Waals surface area contributed by atoms with E-state index in [9.17, 15) is 4.79 Å². The standard InChI is InChI=1S/C14H20N2O3/c1-18-13-8-10(7-11(15)9-13)14(17)16-5-4-12-3-2-6-19-12/h7-9,12H,2-6,15H2,1H3,(H,16,17). The van der Waals surface area contributed by atoms with E-state index in [1.165, 1.54) is 0 Å². The number of amides is 1. The van der Waals surface area contributed by atoms with Gasteiger partial charge in [0.25, 0.3) is 5.91 Å². The summed E-state index contributed by atoms with van der Waals surface area (Å²) in [6, 6.07) is 5.00. The molecule has 2 rings (SSSR count). The van der Waals surface area contributed by atoms with E-state index in [2.05, 4.69) is 5.32 Å². The Morgan fingerprint density at radius 2 is 2.37 bits per heavy atom. The van der Waals surface area contributed by atoms with Crippen molar-refractivity contribution < 1.29 is 14.3 Å². The van der Waals surface area contributed by atoms with Crippen LogP contribution in [-0.2, 0) is 4.74 Å². The third-order valence-corrected chi connectivity index (χ3v) is 3.20. The topological polar surface area (TPSA) is 73.6 Å². The SMILES string of the molecule is COc1cc(N)cc(C(=O)NCCC2CCCO2)c1. The van der Waals surface area contributed by atoms with Crippen LogP contribution in [0.2, 0.25) is 0 Å². The van der Waals surface area contributed by atoms with Gasteiger partial charge < -0.3 is 20.5 Å². The molecule has 1 atom stereocenters. The summed E-state index contributed by atoms with van der Waals surface area (Å²) in [5, 5.41) is 2.87. The van der Waals surface area contributed by atoms with Crippen LogP contribution in [0.25, 0.3) is 0 Å². The molecule has 1 saturated heterocycles. The Hall–Kier alpha value is -1.75. The Labute approximate surface area is 113 Å². The summed E-state index contributed by atoms with van der Waals surface area (Å²) < 4.78 is 10.6. The molecule has 1 aliphatic rings. The molecule has 5 heteroatoms. The van der Waals surface area contributed by atoms with Crippen LogP contribution in [0.4, 0.5) is 5.69 Å². The number of hydrogen-bond acceptors (Lipinski definition) is 4. The zero-order valence-electron chi connectivity index (χ0n) is 11.1. The number of nitrogens with two attached hydrogens (primary N) is 1. The molecule has 1 unspecified atom stereocenters. The smallest absolute Gasteiger partial charge is 0.251 e. The van der Waals surface area contributed by atoms with Gasteiger partial charge in [-0.2, -0.15) is 0 Å². The minimum atomic E-state index is -0.136. The van der Waals surface area contributed by atoms with Crippen molar-refractivity contribution in [1.29, 1.82) is 0 Å². The van der Waals surface area contributed by atoms with Gasteiger partial charge in [0.05, 0.1) is 13.2 Å². The highest BCUT2D eigenvalue weighted by atomic mass is 16.5. The van der Waals surface area contributed by atoms with E-state index in [1.54, 1.807) is 25.3 Å². The molecule has 0 spiro atoms. The van der Waals surface area contributed by atoms with Gasteiger partial charge in [-0.25, -0.2) is 0 Å². The molecule has 104 valence electrons. The van der Waals surface area contributed by atoms with Crippen LogP contribution in [-0.4, -0.2) is 32.3 Å². The predicted octanol–water partition coefficient (Wildman–Crippen LogP) is 1.58. The summed E-state index contributed by atoms with van der Waals surface area (Å²) in [4.78, 5) is 12.0. The van der Waals surface area contributed by atoms with Crippen LogP contribution in [0.1, 0.15) is 29.6 Å². The van der Waals surface area contributed by atoms with Crippen molar-refractivity contribution in [2.45, 2.75) is 25.4 Å². The molecule has 5 nitrogen and oxygen atoms in total. The highest BCUT2D eigenvalue weighted by molar-refractivity contribution is 5.95. The van der Waals surface area contributed by atoms with Gasteiger partial charge in [0.2, 0.25) is 0 Å². The van der Waals surface area contributed by atoms with Crippen molar-refractivity contribution in [3.63, 3.8) is 0 Å². The van der Waals surface area contributed by atoms with Gasteiger partial charge in [0.1, 0.15) is 5.75 Å². The fourth-order valence-electron chi connectivity index (χ4n) is 2.19. The van der Waals surface area contributed by atoms with Gasteiger partial charge >= 0.3 is 0 Å². The second-order valence-electron chi connectivity index (χ2n) is 4.67. The predicted molar refractivity (Wildman–Crippen MR) is 73.3 cm³/mol. The molecule has 0 radical (unpaired) electrons. The molecular formula is C14H20N2O3. The Bertz CT molecular complexity index is 442. The molecule has 0 aliphatic carbocycles. The van der Waals surface area contributed by atoms with E-state index in [0.717, 1.165) is 25.9 Å². The van der Waals surface area contributed by atoms with E-state index in [4.69, 9.17) is 15.2 Å². The molecule has 1 aromatic rings. The van der Waals surface area contributed by atoms with Crippen molar-refractivity contribution in [3.05, 3.63) is 23.8 Å². The Kier molecular flexibility index (Phi) is 4.63. The van der Waals surface area contributed by atoms with Crippen molar-refractivity contribution in [1.82, 2.24) is 5.32 Å². The fourth-order valence-corrected chi connectivity index (χ4v) is 2.19. The Morgan fingerprint density at radius 1 is 1.53 bits per heavy atom. The number of rotatable bonds is 5. The lowest BCUT2D eigenvalue weighted by Crippen LogP contribution is -2.27. The largest absolute Gasteiger partial charge is 0.497 e. The van der Waals surface area contributed by atoms with Crippen LogP contribution in [0.3, 0.4) is 0 Å². The van der Waals surface area contributed by atoms with Crippen LogP contribution >= 0.6 is 0 Å². The van der Waals surface area contributed by atoms with Crippen molar-refractivity contribution >= 4 is 11.6 Å². The molecule has 1 aromatic carbocycles. The van der Waals surface area contributed by atoms with Crippen LogP contribution in [0, 0.1) is 0 Å². The number of benzene rings is 1. The summed E-state index contributed by atoms with van der Waals surface area (Å²) in [5.41, 5.74) is 6.76. The zero-order chi connectivity index (χ0) is 13.7. The molecule has 3 N–H and O–H groups in total. The Balaban J connectivity index is 1.86. The van der Waals surface area contributed by atoms with E-state index >= 15 is 0 Å². The number of hydrogen-bond donors (Lipinski definition) is 2. The van der Waals surface area contributed by atoms with Crippen LogP contribution in [0.5, 0.6) is 5.75 Å². The maximum Gasteiger partial charge on any atom is 0.251 e. The van der Waals surface area contributed by atoms with E-state index < -0.39 is 0 Å². The quantitative estimate of drug-likeness (QED) is 0.792. The second kappa shape index (κ2) is 6.43. The van der Waals surface area contributed by atoms with Gasteiger partial charge in [-0.1, -0.05) is 0 Å². The number of ether oxygens (including phenoxy) is 2. The van der Waals surface area contributed by atoms with Crippen LogP contribution in [0.15, 0.2) is 18.2 Å². The number of carbonyl (C=O) groups excluding carboxylic acids is 1. The first-order chi connectivity index (χ1) is 9.19. The van der Waals surface area contributed by atoms with E-state index in [-0.39, 0.29) is 12.0 Å². The molecular weight excluding hydrogens is 244 g/mol. The van der Waals surface area contributed by atoms with Gasteiger partial charge in [-0.05, 0) is 31.4 Å². The van der Waals surface area contributed by atoms with E-state index in [0.29, 0.717) is 23.5 Å². The highest BCUT2D eigenvalue weighted by Crippen LogP contribution is 2.18. The number of carbonyl (C=O) groups is 1. The monoisotopic (exact) mass is 264 g/mol. The summed E-state index contributed by atoms with van der Waals surface area (Å²) >= 11 is 0. The van der Waals surface area contributed by atoms with E-state index in [1.807, 2.05) is 0 Å². The van der Waals surface area contributed by atoms with Crippen LogP contribution < -0.4 is 15.8 Å². The summed E-state index contributed by atoms with van der Waals surface area (Å²) in [6.07, 6.45) is 3.34. The number of anilines is 1. The van der Waals surface area contributed by atoms with Crippen molar-refractivity contribution in [3.8, 4) is 5.75 Å². The van der Waals surface area contributed by atoms with Gasteiger partial charge in [-0.15, -0.1) is 0 Å². The van der Waals surface area contributed by atoms with Crippen molar-refractivity contribution in [2.75, 3.05) is 26.0 Å².